The summed E-state index contributed by atoms with van der Waals surface area (Å²) in [5.41, 5.74) is 1.65. The molecule has 4 nitrogen and oxygen atoms in total. The Bertz CT molecular complexity index is 936. The summed E-state index contributed by atoms with van der Waals surface area (Å²) in [6.07, 6.45) is 5.74. The molecule has 0 heterocycles. The Morgan fingerprint density at radius 3 is 2.46 bits per heavy atom. The largest absolute Gasteiger partial charge is 0.468 e. The van der Waals surface area contributed by atoms with Crippen molar-refractivity contribution in [2.45, 2.75) is 18.9 Å². The number of nitrogens with one attached hydrogen (secondary N) is 1. The molecule has 2 aromatic rings. The van der Waals surface area contributed by atoms with Gasteiger partial charge in [-0.2, -0.15) is 0 Å². The second-order valence-corrected chi connectivity index (χ2v) is 7.34. The zero-order valence-electron chi connectivity index (χ0n) is 15.8. The highest BCUT2D eigenvalue weighted by molar-refractivity contribution is 6.32. The third-order valence-electron chi connectivity index (χ3n) is 4.86. The summed E-state index contributed by atoms with van der Waals surface area (Å²) in [5, 5.41) is 3.59. The minimum Gasteiger partial charge on any atom is -0.468 e. The van der Waals surface area contributed by atoms with Gasteiger partial charge in [-0.1, -0.05) is 78.4 Å². The summed E-state index contributed by atoms with van der Waals surface area (Å²) < 4.78 is 5.00. The summed E-state index contributed by atoms with van der Waals surface area (Å²) in [6, 6.07) is 16.9. The highest BCUT2D eigenvalue weighted by Crippen LogP contribution is 2.34. The van der Waals surface area contributed by atoms with Gasteiger partial charge < -0.3 is 10.1 Å². The molecule has 1 N–H and O–H groups in total. The average Bonchev–Trinajstić information content (AvgIpc) is 2.69. The molecule has 0 aliphatic heterocycles. The number of rotatable bonds is 5. The maximum absolute atomic E-state index is 12.6. The molecule has 2 unspecified atom stereocenters. The van der Waals surface area contributed by atoms with Crippen LogP contribution in [0.25, 0.3) is 5.57 Å². The third kappa shape index (κ3) is 4.34. The third-order valence-corrected chi connectivity index (χ3v) is 5.19. The van der Waals surface area contributed by atoms with Crippen LogP contribution in [0.5, 0.6) is 0 Å². The molecule has 5 heteroatoms. The second kappa shape index (κ2) is 8.44. The zero-order valence-corrected chi connectivity index (χ0v) is 16.6. The lowest BCUT2D eigenvalue weighted by atomic mass is 9.78. The van der Waals surface area contributed by atoms with Crippen LogP contribution in [0.15, 0.2) is 72.8 Å². The number of carbonyl (C=O) groups is 2. The van der Waals surface area contributed by atoms with Crippen LogP contribution in [-0.4, -0.2) is 24.5 Å². The van der Waals surface area contributed by atoms with Gasteiger partial charge in [-0.3, -0.25) is 9.59 Å². The Balaban J connectivity index is 1.86. The molecular weight excluding hydrogens is 374 g/mol. The van der Waals surface area contributed by atoms with Crippen molar-refractivity contribution in [1.82, 2.24) is 5.32 Å². The molecule has 0 spiro atoms. The van der Waals surface area contributed by atoms with E-state index in [4.69, 9.17) is 16.3 Å². The van der Waals surface area contributed by atoms with Crippen molar-refractivity contribution in [3.05, 3.63) is 89.0 Å². The van der Waals surface area contributed by atoms with E-state index in [1.54, 1.807) is 12.1 Å². The molecule has 144 valence electrons. The van der Waals surface area contributed by atoms with E-state index in [0.29, 0.717) is 5.02 Å². The molecule has 1 aliphatic rings. The van der Waals surface area contributed by atoms with Gasteiger partial charge >= 0.3 is 5.97 Å². The van der Waals surface area contributed by atoms with E-state index < -0.39 is 17.4 Å². The van der Waals surface area contributed by atoms with Crippen LogP contribution in [0.1, 0.15) is 18.1 Å². The van der Waals surface area contributed by atoms with Crippen molar-refractivity contribution in [3.8, 4) is 0 Å². The molecule has 1 aliphatic carbocycles. The van der Waals surface area contributed by atoms with Gasteiger partial charge in [-0.15, -0.1) is 0 Å². The number of hydrogen-bond donors (Lipinski definition) is 1. The van der Waals surface area contributed by atoms with Gasteiger partial charge in [-0.05, 0) is 29.7 Å². The number of carbonyl (C=O) groups excluding carboxylic acids is 2. The van der Waals surface area contributed by atoms with Crippen LogP contribution in [0, 0.1) is 5.92 Å². The Hall–Kier alpha value is -2.85. The van der Waals surface area contributed by atoms with Gasteiger partial charge in [-0.25, -0.2) is 0 Å². The molecule has 0 saturated heterocycles. The second-order valence-electron chi connectivity index (χ2n) is 6.93. The summed E-state index contributed by atoms with van der Waals surface area (Å²) in [4.78, 5) is 25.1. The van der Waals surface area contributed by atoms with E-state index in [2.05, 4.69) is 5.32 Å². The van der Waals surface area contributed by atoms with Gasteiger partial charge in [0.15, 0.2) is 0 Å². The number of hydrogen-bond acceptors (Lipinski definition) is 3. The standard InChI is InChI=1S/C23H22ClNO3/c1-23(25-21(26)14-16-8-4-3-5-9-16)13-12-17(15-19(23)22(27)28-2)18-10-6-7-11-20(18)24/h3-13,15,19H,14H2,1-2H3,(H,25,26). The zero-order chi connectivity index (χ0) is 20.1. The fourth-order valence-corrected chi connectivity index (χ4v) is 3.58. The monoisotopic (exact) mass is 395 g/mol. The normalized spacial score (nSPS) is 21.0. The molecule has 1 amide bonds. The molecule has 3 rings (SSSR count). The lowest BCUT2D eigenvalue weighted by molar-refractivity contribution is -0.145. The first-order chi connectivity index (χ1) is 13.4. The number of allylic oxidation sites excluding steroid dienone is 2. The van der Waals surface area contributed by atoms with E-state index in [-0.39, 0.29) is 12.3 Å². The van der Waals surface area contributed by atoms with Crippen molar-refractivity contribution in [1.29, 1.82) is 0 Å². The van der Waals surface area contributed by atoms with E-state index >= 15 is 0 Å². The first-order valence-corrected chi connectivity index (χ1v) is 9.39. The quantitative estimate of drug-likeness (QED) is 0.772. The molecular formula is C23H22ClNO3. The molecule has 28 heavy (non-hydrogen) atoms. The first-order valence-electron chi connectivity index (χ1n) is 9.01. The number of methoxy groups -OCH3 is 1. The topological polar surface area (TPSA) is 55.4 Å². The van der Waals surface area contributed by atoms with Crippen LogP contribution in [0.4, 0.5) is 0 Å². The Kier molecular flexibility index (Phi) is 6.00. The first kappa shape index (κ1) is 19.9. The predicted octanol–water partition coefficient (Wildman–Crippen LogP) is 4.20. The maximum atomic E-state index is 12.6. The molecule has 0 bridgehead atoms. The average molecular weight is 396 g/mol. The molecule has 0 radical (unpaired) electrons. The van der Waals surface area contributed by atoms with Gasteiger partial charge in [0.05, 0.1) is 19.1 Å². The summed E-state index contributed by atoms with van der Waals surface area (Å²) in [7, 11) is 1.34. The van der Waals surface area contributed by atoms with Crippen LogP contribution in [0.2, 0.25) is 5.02 Å². The van der Waals surface area contributed by atoms with Crippen molar-refractivity contribution >= 4 is 29.1 Å². The Morgan fingerprint density at radius 2 is 1.79 bits per heavy atom. The SMILES string of the molecule is COC(=O)C1C=C(c2ccccc2Cl)C=CC1(C)NC(=O)Cc1ccccc1. The van der Waals surface area contributed by atoms with Crippen LogP contribution in [0.3, 0.4) is 0 Å². The number of halogens is 1. The van der Waals surface area contributed by atoms with Gasteiger partial charge in [0.2, 0.25) is 5.91 Å². The Morgan fingerprint density at radius 1 is 1.11 bits per heavy atom. The van der Waals surface area contributed by atoms with Crippen LogP contribution >= 0.6 is 11.6 Å². The smallest absolute Gasteiger partial charge is 0.315 e. The van der Waals surface area contributed by atoms with Gasteiger partial charge in [0.25, 0.3) is 0 Å². The lowest BCUT2D eigenvalue weighted by Gasteiger charge is -2.35. The Labute approximate surface area is 169 Å². The predicted molar refractivity (Wildman–Crippen MR) is 111 cm³/mol. The van der Waals surface area contributed by atoms with Gasteiger partial charge in [0.1, 0.15) is 5.92 Å². The van der Waals surface area contributed by atoms with Crippen LogP contribution < -0.4 is 5.32 Å². The van der Waals surface area contributed by atoms with Crippen molar-refractivity contribution in [2.24, 2.45) is 5.92 Å². The van der Waals surface area contributed by atoms with E-state index in [9.17, 15) is 9.59 Å². The van der Waals surface area contributed by atoms with Crippen LogP contribution in [-0.2, 0) is 20.7 Å². The van der Waals surface area contributed by atoms with E-state index in [1.165, 1.54) is 7.11 Å². The highest BCUT2D eigenvalue weighted by atomic mass is 35.5. The van der Waals surface area contributed by atoms with Crippen molar-refractivity contribution in [2.75, 3.05) is 7.11 Å². The number of amides is 1. The molecule has 0 aromatic heterocycles. The molecule has 0 saturated carbocycles. The fraction of sp³-hybridized carbons (Fsp3) is 0.217. The number of esters is 1. The van der Waals surface area contributed by atoms with E-state index in [0.717, 1.165) is 16.7 Å². The number of ether oxygens (including phenoxy) is 1. The minimum absolute atomic E-state index is 0.165. The highest BCUT2D eigenvalue weighted by Gasteiger charge is 2.40. The summed E-state index contributed by atoms with van der Waals surface area (Å²) >= 11 is 6.30. The fourth-order valence-electron chi connectivity index (χ4n) is 3.33. The summed E-state index contributed by atoms with van der Waals surface area (Å²) in [5.74, 6) is -1.26. The van der Waals surface area contributed by atoms with Crippen molar-refractivity contribution < 1.29 is 14.3 Å². The van der Waals surface area contributed by atoms with Gasteiger partial charge in [0, 0.05) is 5.02 Å². The molecule has 0 fully saturated rings. The molecule has 2 aromatic carbocycles. The minimum atomic E-state index is -0.899. The van der Waals surface area contributed by atoms with Crippen molar-refractivity contribution in [3.63, 3.8) is 0 Å². The maximum Gasteiger partial charge on any atom is 0.315 e. The summed E-state index contributed by atoms with van der Waals surface area (Å²) in [6.45, 7) is 1.81. The lowest BCUT2D eigenvalue weighted by Crippen LogP contribution is -2.53. The molecule has 2 atom stereocenters. The number of benzene rings is 2. The van der Waals surface area contributed by atoms with E-state index in [1.807, 2.05) is 67.6 Å².